The zero-order chi connectivity index (χ0) is 22.8. The number of imide groups is 1. The fraction of sp³-hybridized carbons (Fsp3) is 0.286. The van der Waals surface area contributed by atoms with E-state index in [0.717, 1.165) is 37.3 Å². The van der Waals surface area contributed by atoms with Crippen molar-refractivity contribution in [1.82, 2.24) is 9.80 Å². The van der Waals surface area contributed by atoms with E-state index in [2.05, 4.69) is 41.0 Å². The minimum Gasteiger partial charge on any atom is -0.369 e. The highest BCUT2D eigenvalue weighted by Gasteiger charge is 2.54. The first-order valence-corrected chi connectivity index (χ1v) is 11.6. The number of likely N-dealkylation sites (tertiary alicyclic amines) is 1. The van der Waals surface area contributed by atoms with Crippen molar-refractivity contribution in [3.8, 4) is 0 Å². The van der Waals surface area contributed by atoms with Gasteiger partial charge in [0, 0.05) is 38.3 Å². The largest absolute Gasteiger partial charge is 0.369 e. The maximum Gasteiger partial charge on any atom is 0.245 e. The van der Waals surface area contributed by atoms with E-state index >= 15 is 0 Å². The van der Waals surface area contributed by atoms with Crippen LogP contribution < -0.4 is 4.90 Å². The highest BCUT2D eigenvalue weighted by Crippen LogP contribution is 2.42. The molecule has 0 aliphatic carbocycles. The summed E-state index contributed by atoms with van der Waals surface area (Å²) in [5, 5.41) is 0. The molecule has 168 valence electrons. The molecule has 2 aliphatic heterocycles. The van der Waals surface area contributed by atoms with Crippen LogP contribution in [0.3, 0.4) is 0 Å². The summed E-state index contributed by atoms with van der Waals surface area (Å²) in [6.07, 6.45) is 0.170. The smallest absolute Gasteiger partial charge is 0.245 e. The second-order valence-corrected chi connectivity index (χ2v) is 8.97. The number of piperazine rings is 1. The molecular formula is C28H29N3O2. The van der Waals surface area contributed by atoms with Crippen LogP contribution in [0.2, 0.25) is 0 Å². The summed E-state index contributed by atoms with van der Waals surface area (Å²) in [6.45, 7) is 5.87. The number of anilines is 1. The number of hydrogen-bond acceptors (Lipinski definition) is 4. The molecule has 2 saturated heterocycles. The number of amides is 2. The molecule has 0 saturated carbocycles. The van der Waals surface area contributed by atoms with Crippen LogP contribution >= 0.6 is 0 Å². The molecule has 5 rings (SSSR count). The van der Waals surface area contributed by atoms with Gasteiger partial charge in [-0.05, 0) is 29.7 Å². The van der Waals surface area contributed by atoms with Crippen molar-refractivity contribution in [3.63, 3.8) is 0 Å². The normalized spacial score (nSPS) is 18.7. The molecule has 0 aromatic heterocycles. The van der Waals surface area contributed by atoms with Gasteiger partial charge in [-0.15, -0.1) is 0 Å². The summed E-state index contributed by atoms with van der Waals surface area (Å²) in [5.74, 6) is -0.222. The first-order chi connectivity index (χ1) is 16.1. The molecule has 0 bridgehead atoms. The van der Waals surface area contributed by atoms with Crippen molar-refractivity contribution in [1.29, 1.82) is 0 Å². The van der Waals surface area contributed by atoms with E-state index in [1.165, 1.54) is 16.2 Å². The molecule has 3 aromatic rings. The fourth-order valence-electron chi connectivity index (χ4n) is 5.20. The maximum absolute atomic E-state index is 13.9. The average Bonchev–Trinajstić information content (AvgIpc) is 3.12. The molecular weight excluding hydrogens is 410 g/mol. The van der Waals surface area contributed by atoms with E-state index in [1.807, 2.05) is 60.7 Å². The van der Waals surface area contributed by atoms with Gasteiger partial charge in [-0.2, -0.15) is 0 Å². The monoisotopic (exact) mass is 439 g/mol. The SMILES string of the molecule is Cc1ccccc1N1CCN(CN2C(=O)CC(c3ccccc3)(c3ccccc3)C2=O)CC1. The number of carbonyl (C=O) groups excluding carboxylic acids is 2. The third kappa shape index (κ3) is 3.83. The van der Waals surface area contributed by atoms with E-state index < -0.39 is 5.41 Å². The van der Waals surface area contributed by atoms with Gasteiger partial charge in [-0.1, -0.05) is 78.9 Å². The number of para-hydroxylation sites is 1. The molecule has 2 heterocycles. The Morgan fingerprint density at radius 1 is 0.727 bits per heavy atom. The number of carbonyl (C=O) groups is 2. The van der Waals surface area contributed by atoms with Gasteiger partial charge in [-0.25, -0.2) is 0 Å². The predicted octanol–water partition coefficient (Wildman–Crippen LogP) is 3.82. The van der Waals surface area contributed by atoms with Gasteiger partial charge in [0.1, 0.15) is 5.41 Å². The Balaban J connectivity index is 1.36. The molecule has 5 heteroatoms. The summed E-state index contributed by atoms with van der Waals surface area (Å²) >= 11 is 0. The van der Waals surface area contributed by atoms with Crippen molar-refractivity contribution in [3.05, 3.63) is 102 Å². The third-order valence-corrected chi connectivity index (χ3v) is 7.03. The van der Waals surface area contributed by atoms with Crippen LogP contribution in [0.25, 0.3) is 0 Å². The number of benzene rings is 3. The molecule has 0 N–H and O–H groups in total. The van der Waals surface area contributed by atoms with Crippen LogP contribution in [0.1, 0.15) is 23.1 Å². The fourth-order valence-corrected chi connectivity index (χ4v) is 5.20. The molecule has 0 atom stereocenters. The van der Waals surface area contributed by atoms with Crippen molar-refractivity contribution in [2.75, 3.05) is 37.7 Å². The number of rotatable bonds is 5. The quantitative estimate of drug-likeness (QED) is 0.567. The van der Waals surface area contributed by atoms with Crippen LogP contribution in [0.4, 0.5) is 5.69 Å². The molecule has 0 radical (unpaired) electrons. The maximum atomic E-state index is 13.9. The Hall–Kier alpha value is -3.44. The molecule has 2 fully saturated rings. The van der Waals surface area contributed by atoms with Crippen LogP contribution in [-0.4, -0.2) is 54.5 Å². The lowest BCUT2D eigenvalue weighted by Gasteiger charge is -2.38. The van der Waals surface area contributed by atoms with Crippen LogP contribution in [0, 0.1) is 6.92 Å². The van der Waals surface area contributed by atoms with Gasteiger partial charge in [-0.3, -0.25) is 19.4 Å². The van der Waals surface area contributed by atoms with Gasteiger partial charge in [0.2, 0.25) is 11.8 Å². The molecule has 0 unspecified atom stereocenters. The Bertz CT molecular complexity index is 1100. The van der Waals surface area contributed by atoms with Gasteiger partial charge >= 0.3 is 0 Å². The van der Waals surface area contributed by atoms with Crippen molar-refractivity contribution in [2.45, 2.75) is 18.8 Å². The van der Waals surface area contributed by atoms with Crippen molar-refractivity contribution in [2.24, 2.45) is 0 Å². The molecule has 0 spiro atoms. The summed E-state index contributed by atoms with van der Waals surface area (Å²) < 4.78 is 0. The van der Waals surface area contributed by atoms with E-state index in [9.17, 15) is 9.59 Å². The lowest BCUT2D eigenvalue weighted by Crippen LogP contribution is -2.52. The van der Waals surface area contributed by atoms with E-state index in [1.54, 1.807) is 0 Å². The first kappa shape index (κ1) is 21.4. The summed E-state index contributed by atoms with van der Waals surface area (Å²) in [5.41, 5.74) is 3.33. The van der Waals surface area contributed by atoms with Crippen molar-refractivity contribution >= 4 is 17.5 Å². The first-order valence-electron chi connectivity index (χ1n) is 11.6. The Morgan fingerprint density at radius 2 is 1.27 bits per heavy atom. The number of hydrogen-bond donors (Lipinski definition) is 0. The zero-order valence-electron chi connectivity index (χ0n) is 19.0. The van der Waals surface area contributed by atoms with Gasteiger partial charge in [0.25, 0.3) is 0 Å². The average molecular weight is 440 g/mol. The summed E-state index contributed by atoms with van der Waals surface area (Å²) in [4.78, 5) is 33.2. The Kier molecular flexibility index (Phi) is 5.73. The highest BCUT2D eigenvalue weighted by atomic mass is 16.2. The van der Waals surface area contributed by atoms with Crippen molar-refractivity contribution < 1.29 is 9.59 Å². The van der Waals surface area contributed by atoms with Crippen LogP contribution in [0.5, 0.6) is 0 Å². The second-order valence-electron chi connectivity index (χ2n) is 8.97. The van der Waals surface area contributed by atoms with Crippen LogP contribution in [0.15, 0.2) is 84.9 Å². The minimum absolute atomic E-state index is 0.103. The third-order valence-electron chi connectivity index (χ3n) is 7.03. The standard InChI is InChI=1S/C28H29N3O2/c1-22-10-8-9-15-25(22)30-18-16-29(17-19-30)21-31-26(32)20-28(27(31)33,23-11-4-2-5-12-23)24-13-6-3-7-14-24/h2-15H,16-21H2,1H3. The van der Waals surface area contributed by atoms with Crippen LogP contribution in [-0.2, 0) is 15.0 Å². The topological polar surface area (TPSA) is 43.9 Å². The highest BCUT2D eigenvalue weighted by molar-refractivity contribution is 6.11. The molecule has 2 aliphatic rings. The zero-order valence-corrected chi connectivity index (χ0v) is 19.0. The lowest BCUT2D eigenvalue weighted by atomic mass is 9.73. The van der Waals surface area contributed by atoms with Gasteiger partial charge in [0.05, 0.1) is 6.67 Å². The molecule has 2 amide bonds. The van der Waals surface area contributed by atoms with E-state index in [0.29, 0.717) is 6.67 Å². The molecule has 5 nitrogen and oxygen atoms in total. The lowest BCUT2D eigenvalue weighted by molar-refractivity contribution is -0.142. The van der Waals surface area contributed by atoms with Gasteiger partial charge in [0.15, 0.2) is 0 Å². The molecule has 33 heavy (non-hydrogen) atoms. The second kappa shape index (κ2) is 8.83. The predicted molar refractivity (Wildman–Crippen MR) is 130 cm³/mol. The summed E-state index contributed by atoms with van der Waals surface area (Å²) in [7, 11) is 0. The number of nitrogens with zero attached hydrogens (tertiary/aromatic N) is 3. The van der Waals surface area contributed by atoms with E-state index in [-0.39, 0.29) is 18.2 Å². The number of aryl methyl sites for hydroxylation is 1. The van der Waals surface area contributed by atoms with Gasteiger partial charge < -0.3 is 4.90 Å². The minimum atomic E-state index is -0.956. The Labute approximate surface area is 195 Å². The Morgan fingerprint density at radius 3 is 1.85 bits per heavy atom. The van der Waals surface area contributed by atoms with E-state index in [4.69, 9.17) is 0 Å². The molecule has 3 aromatic carbocycles. The summed E-state index contributed by atoms with van der Waals surface area (Å²) in [6, 6.07) is 27.9.